The molecule has 6 nitrogen and oxygen atoms in total. The quantitative estimate of drug-likeness (QED) is 0.742. The van der Waals surface area contributed by atoms with E-state index in [-0.39, 0.29) is 19.1 Å². The number of carbonyl (C=O) groups is 2. The number of halogens is 1. The Labute approximate surface area is 135 Å². The van der Waals surface area contributed by atoms with Gasteiger partial charge in [0.25, 0.3) is 0 Å². The molecule has 3 N–H and O–H groups in total. The molecule has 122 valence electrons. The molecule has 1 rings (SSSR count). The van der Waals surface area contributed by atoms with Crippen molar-refractivity contribution in [2.24, 2.45) is 0 Å². The fourth-order valence-electron chi connectivity index (χ4n) is 1.59. The Morgan fingerprint density at radius 1 is 1.18 bits per heavy atom. The van der Waals surface area contributed by atoms with Crippen molar-refractivity contribution < 1.29 is 14.3 Å². The van der Waals surface area contributed by atoms with Gasteiger partial charge in [0.15, 0.2) is 0 Å². The molecule has 0 aromatic heterocycles. The highest BCUT2D eigenvalue weighted by atomic mass is 35.5. The molecule has 0 aliphatic heterocycles. The minimum absolute atomic E-state index is 0.280. The zero-order valence-corrected chi connectivity index (χ0v) is 14.0. The molecule has 1 aromatic carbocycles. The van der Waals surface area contributed by atoms with Gasteiger partial charge in [-0.25, -0.2) is 9.59 Å². The van der Waals surface area contributed by atoms with Gasteiger partial charge in [-0.05, 0) is 51.5 Å². The fourth-order valence-corrected chi connectivity index (χ4v) is 1.82. The number of rotatable bonds is 4. The van der Waals surface area contributed by atoms with Crippen LogP contribution in [-0.2, 0) is 4.74 Å². The highest BCUT2D eigenvalue weighted by Crippen LogP contribution is 2.19. The summed E-state index contributed by atoms with van der Waals surface area (Å²) in [6.07, 6.45) is -0.511. The fraction of sp³-hybridized carbons (Fsp3) is 0.467. The van der Waals surface area contributed by atoms with Crippen LogP contribution in [0.15, 0.2) is 18.2 Å². The molecule has 0 bridgehead atoms. The number of urea groups is 1. The molecule has 0 saturated heterocycles. The molecule has 7 heteroatoms. The van der Waals surface area contributed by atoms with Crippen molar-refractivity contribution in [2.45, 2.75) is 33.3 Å². The van der Waals surface area contributed by atoms with Crippen LogP contribution in [0.1, 0.15) is 26.3 Å². The van der Waals surface area contributed by atoms with Crippen molar-refractivity contribution in [3.8, 4) is 0 Å². The Hall–Kier alpha value is -1.95. The van der Waals surface area contributed by atoms with E-state index in [0.29, 0.717) is 10.7 Å². The summed E-state index contributed by atoms with van der Waals surface area (Å²) in [5.41, 5.74) is 1.01. The first-order chi connectivity index (χ1) is 10.2. The molecule has 0 aliphatic carbocycles. The normalized spacial score (nSPS) is 10.8. The van der Waals surface area contributed by atoms with Gasteiger partial charge in [0.05, 0.1) is 0 Å². The third kappa shape index (κ3) is 7.17. The summed E-state index contributed by atoms with van der Waals surface area (Å²) < 4.78 is 5.08. The predicted molar refractivity (Wildman–Crippen MR) is 87.4 cm³/mol. The first-order valence-corrected chi connectivity index (χ1v) is 7.33. The predicted octanol–water partition coefficient (Wildman–Crippen LogP) is 3.29. The lowest BCUT2D eigenvalue weighted by Crippen LogP contribution is -2.39. The van der Waals surface area contributed by atoms with E-state index >= 15 is 0 Å². The van der Waals surface area contributed by atoms with Gasteiger partial charge in [0.2, 0.25) is 0 Å². The van der Waals surface area contributed by atoms with Crippen molar-refractivity contribution in [2.75, 3.05) is 18.4 Å². The first kappa shape index (κ1) is 18.1. The second-order valence-electron chi connectivity index (χ2n) is 5.77. The highest BCUT2D eigenvalue weighted by molar-refractivity contribution is 6.30. The van der Waals surface area contributed by atoms with Gasteiger partial charge < -0.3 is 20.7 Å². The number of ether oxygens (including phenoxy) is 1. The maximum absolute atomic E-state index is 11.7. The molecule has 0 saturated carbocycles. The number of hydrogen-bond acceptors (Lipinski definition) is 3. The number of amides is 3. The van der Waals surface area contributed by atoms with E-state index in [9.17, 15) is 9.59 Å². The molecule has 1 aromatic rings. The first-order valence-electron chi connectivity index (χ1n) is 6.95. The van der Waals surface area contributed by atoms with Crippen LogP contribution in [0.4, 0.5) is 15.3 Å². The Balaban J connectivity index is 2.28. The van der Waals surface area contributed by atoms with Crippen LogP contribution in [0.5, 0.6) is 0 Å². The third-order valence-corrected chi connectivity index (χ3v) is 2.75. The number of aryl methyl sites for hydroxylation is 1. The molecular formula is C15H22ClN3O3. The molecule has 0 atom stereocenters. The lowest BCUT2D eigenvalue weighted by molar-refractivity contribution is 0.0528. The summed E-state index contributed by atoms with van der Waals surface area (Å²) in [7, 11) is 0. The van der Waals surface area contributed by atoms with Gasteiger partial charge in [0, 0.05) is 23.8 Å². The molecule has 0 heterocycles. The third-order valence-electron chi connectivity index (χ3n) is 2.52. The summed E-state index contributed by atoms with van der Waals surface area (Å²) in [6, 6.07) is 4.85. The molecule has 0 unspecified atom stereocenters. The average Bonchev–Trinajstić information content (AvgIpc) is 2.36. The monoisotopic (exact) mass is 327 g/mol. The number of hydrogen-bond donors (Lipinski definition) is 3. The molecule has 0 fully saturated rings. The SMILES string of the molecule is Cc1cc(Cl)ccc1NC(=O)NCCNC(=O)OC(C)(C)C. The topological polar surface area (TPSA) is 79.5 Å². The summed E-state index contributed by atoms with van der Waals surface area (Å²) in [5.74, 6) is 0. The molecule has 22 heavy (non-hydrogen) atoms. The smallest absolute Gasteiger partial charge is 0.407 e. The second kappa shape index (κ2) is 7.89. The van der Waals surface area contributed by atoms with Crippen molar-refractivity contribution in [1.29, 1.82) is 0 Å². The van der Waals surface area contributed by atoms with Crippen molar-refractivity contribution in [1.82, 2.24) is 10.6 Å². The Morgan fingerprint density at radius 2 is 1.82 bits per heavy atom. The zero-order chi connectivity index (χ0) is 16.8. The van der Waals surface area contributed by atoms with Crippen LogP contribution < -0.4 is 16.0 Å². The van der Waals surface area contributed by atoms with Gasteiger partial charge in [-0.3, -0.25) is 0 Å². The van der Waals surface area contributed by atoms with Gasteiger partial charge in [-0.2, -0.15) is 0 Å². The van der Waals surface area contributed by atoms with E-state index in [2.05, 4.69) is 16.0 Å². The number of nitrogens with one attached hydrogen (secondary N) is 3. The van der Waals surface area contributed by atoms with Crippen LogP contribution in [0.25, 0.3) is 0 Å². The van der Waals surface area contributed by atoms with Crippen LogP contribution in [-0.4, -0.2) is 30.8 Å². The van der Waals surface area contributed by atoms with E-state index in [1.54, 1.807) is 39.0 Å². The standard InChI is InChI=1S/C15H22ClN3O3/c1-10-9-11(16)5-6-12(10)19-13(20)17-7-8-18-14(21)22-15(2,3)4/h5-6,9H,7-8H2,1-4H3,(H,18,21)(H2,17,19,20). The van der Waals surface area contributed by atoms with E-state index in [1.807, 2.05) is 6.92 Å². The summed E-state index contributed by atoms with van der Waals surface area (Å²) in [6.45, 7) is 7.78. The van der Waals surface area contributed by atoms with Crippen LogP contribution in [0.2, 0.25) is 5.02 Å². The maximum atomic E-state index is 11.7. The molecule has 0 aliphatic rings. The van der Waals surface area contributed by atoms with Crippen molar-refractivity contribution in [3.63, 3.8) is 0 Å². The second-order valence-corrected chi connectivity index (χ2v) is 6.21. The Morgan fingerprint density at radius 3 is 2.41 bits per heavy atom. The Kier molecular flexibility index (Phi) is 6.49. The molecule has 3 amide bonds. The van der Waals surface area contributed by atoms with Gasteiger partial charge in [-0.1, -0.05) is 11.6 Å². The van der Waals surface area contributed by atoms with Crippen LogP contribution >= 0.6 is 11.6 Å². The van der Waals surface area contributed by atoms with Crippen molar-refractivity contribution >= 4 is 29.4 Å². The van der Waals surface area contributed by atoms with Crippen molar-refractivity contribution in [3.05, 3.63) is 28.8 Å². The number of alkyl carbamates (subject to hydrolysis) is 1. The maximum Gasteiger partial charge on any atom is 0.407 e. The highest BCUT2D eigenvalue weighted by Gasteiger charge is 2.15. The lowest BCUT2D eigenvalue weighted by atomic mass is 10.2. The van der Waals surface area contributed by atoms with Crippen LogP contribution in [0, 0.1) is 6.92 Å². The van der Waals surface area contributed by atoms with E-state index in [4.69, 9.17) is 16.3 Å². The van der Waals surface area contributed by atoms with E-state index < -0.39 is 11.7 Å². The van der Waals surface area contributed by atoms with Gasteiger partial charge >= 0.3 is 12.1 Å². The largest absolute Gasteiger partial charge is 0.444 e. The zero-order valence-electron chi connectivity index (χ0n) is 13.2. The summed E-state index contributed by atoms with van der Waals surface area (Å²) in [5, 5.41) is 8.52. The van der Waals surface area contributed by atoms with E-state index in [0.717, 1.165) is 5.56 Å². The number of anilines is 1. The Bertz CT molecular complexity index is 541. The van der Waals surface area contributed by atoms with E-state index in [1.165, 1.54) is 0 Å². The summed E-state index contributed by atoms with van der Waals surface area (Å²) >= 11 is 5.85. The molecule has 0 spiro atoms. The van der Waals surface area contributed by atoms with Gasteiger partial charge in [-0.15, -0.1) is 0 Å². The minimum Gasteiger partial charge on any atom is -0.444 e. The summed E-state index contributed by atoms with van der Waals surface area (Å²) in [4.78, 5) is 23.1. The van der Waals surface area contributed by atoms with Crippen LogP contribution in [0.3, 0.4) is 0 Å². The average molecular weight is 328 g/mol. The van der Waals surface area contributed by atoms with Gasteiger partial charge in [0.1, 0.15) is 5.60 Å². The number of benzene rings is 1. The molecular weight excluding hydrogens is 306 g/mol. The lowest BCUT2D eigenvalue weighted by Gasteiger charge is -2.19. The minimum atomic E-state index is -0.541. The number of carbonyl (C=O) groups excluding carboxylic acids is 2. The molecule has 0 radical (unpaired) electrons.